The van der Waals surface area contributed by atoms with E-state index in [4.69, 9.17) is 25.1 Å². The molecule has 0 radical (unpaired) electrons. The molecule has 8 heteroatoms. The number of aromatic nitrogens is 1. The Kier molecular flexibility index (Phi) is 7.73. The Bertz CT molecular complexity index is 993. The zero-order valence-electron chi connectivity index (χ0n) is 17.4. The maximum atomic E-state index is 13.4. The first-order valence-corrected chi connectivity index (χ1v) is 11.8. The van der Waals surface area contributed by atoms with Crippen molar-refractivity contribution in [3.63, 3.8) is 0 Å². The molecule has 0 bridgehead atoms. The summed E-state index contributed by atoms with van der Waals surface area (Å²) in [6, 6.07) is 15.5. The van der Waals surface area contributed by atoms with Crippen molar-refractivity contribution in [2.45, 2.75) is 33.7 Å². The average molecular weight is 449 g/mol. The molecule has 0 amide bonds. The molecule has 0 saturated heterocycles. The van der Waals surface area contributed by atoms with E-state index in [2.05, 4.69) is 10.3 Å². The molecule has 0 aliphatic carbocycles. The van der Waals surface area contributed by atoms with Crippen molar-refractivity contribution < 1.29 is 18.0 Å². The molecule has 2 aromatic carbocycles. The van der Waals surface area contributed by atoms with Crippen LogP contribution in [0.4, 0.5) is 5.88 Å². The van der Waals surface area contributed by atoms with E-state index in [9.17, 15) is 4.57 Å². The molecule has 1 aromatic heterocycles. The second kappa shape index (κ2) is 10.3. The molecule has 30 heavy (non-hydrogen) atoms. The number of nitrogens with zero attached hydrogens (tertiary/aromatic N) is 1. The Morgan fingerprint density at radius 3 is 2.20 bits per heavy atom. The summed E-state index contributed by atoms with van der Waals surface area (Å²) in [6.45, 7) is 6.51. The smallest absolute Gasteiger partial charge is 0.385 e. The number of anilines is 1. The average Bonchev–Trinajstić information content (AvgIpc) is 3.13. The van der Waals surface area contributed by atoms with Gasteiger partial charge in [-0.3, -0.25) is 4.57 Å². The van der Waals surface area contributed by atoms with Gasteiger partial charge >= 0.3 is 7.60 Å². The van der Waals surface area contributed by atoms with Gasteiger partial charge < -0.3 is 18.8 Å². The summed E-state index contributed by atoms with van der Waals surface area (Å²) < 4.78 is 30.3. The van der Waals surface area contributed by atoms with Crippen LogP contribution in [0.15, 0.2) is 52.9 Å². The van der Waals surface area contributed by atoms with Crippen molar-refractivity contribution in [3.8, 4) is 0 Å². The molecule has 0 unspecified atom stereocenters. The normalized spacial score (nSPS) is 11.6. The topological polar surface area (TPSA) is 73.6 Å². The molecule has 160 valence electrons. The first-order chi connectivity index (χ1) is 14.4. The molecular weight excluding hydrogens is 423 g/mol. The third-order valence-corrected chi connectivity index (χ3v) is 6.62. The minimum absolute atomic E-state index is 0.169. The fraction of sp³-hybridized carbons (Fsp3) is 0.318. The first kappa shape index (κ1) is 22.6. The van der Waals surface area contributed by atoms with Crippen molar-refractivity contribution in [3.05, 3.63) is 76.1 Å². The van der Waals surface area contributed by atoms with E-state index < -0.39 is 7.60 Å². The molecule has 0 aliphatic heterocycles. The Morgan fingerprint density at radius 1 is 1.00 bits per heavy atom. The minimum Gasteiger partial charge on any atom is -0.424 e. The Balaban J connectivity index is 1.90. The van der Waals surface area contributed by atoms with Crippen molar-refractivity contribution in [1.82, 2.24) is 4.98 Å². The highest BCUT2D eigenvalue weighted by molar-refractivity contribution is 7.62. The van der Waals surface area contributed by atoms with Crippen LogP contribution in [0.3, 0.4) is 0 Å². The monoisotopic (exact) mass is 448 g/mol. The van der Waals surface area contributed by atoms with Crippen LogP contribution < -0.4 is 10.8 Å². The maximum Gasteiger partial charge on any atom is 0.385 e. The van der Waals surface area contributed by atoms with Gasteiger partial charge in [0.05, 0.1) is 13.2 Å². The van der Waals surface area contributed by atoms with Crippen molar-refractivity contribution >= 4 is 30.5 Å². The number of oxazole rings is 1. The fourth-order valence-electron chi connectivity index (χ4n) is 2.90. The standard InChI is InChI=1S/C22H26ClN2O4P/c1-4-27-30(26,28-5-2)22-21(24-15-18-8-6-16(3)7-9-18)29-20(25-22)14-17-10-12-19(23)13-11-17/h6-13,24H,4-5,14-15H2,1-3H3. The van der Waals surface area contributed by atoms with E-state index in [0.29, 0.717) is 29.8 Å². The number of halogens is 1. The molecule has 3 rings (SSSR count). The molecule has 1 N–H and O–H groups in total. The van der Waals surface area contributed by atoms with Gasteiger partial charge in [-0.05, 0) is 44.0 Å². The summed E-state index contributed by atoms with van der Waals surface area (Å²) in [5, 5.41) is 3.86. The van der Waals surface area contributed by atoms with Crippen LogP contribution in [0.2, 0.25) is 5.02 Å². The van der Waals surface area contributed by atoms with Gasteiger partial charge in [0.15, 0.2) is 0 Å². The van der Waals surface area contributed by atoms with Crippen LogP contribution in [-0.2, 0) is 26.6 Å². The van der Waals surface area contributed by atoms with Gasteiger partial charge in [0.25, 0.3) is 0 Å². The quantitative estimate of drug-likeness (QED) is 0.399. The van der Waals surface area contributed by atoms with Crippen LogP contribution in [0.1, 0.15) is 36.4 Å². The van der Waals surface area contributed by atoms with Crippen LogP contribution in [0.5, 0.6) is 0 Å². The molecule has 1 heterocycles. The van der Waals surface area contributed by atoms with Crippen LogP contribution in [0, 0.1) is 6.92 Å². The van der Waals surface area contributed by atoms with Gasteiger partial charge in [0.2, 0.25) is 17.2 Å². The van der Waals surface area contributed by atoms with Gasteiger partial charge in [0.1, 0.15) is 0 Å². The number of hydrogen-bond acceptors (Lipinski definition) is 6. The van der Waals surface area contributed by atoms with E-state index in [1.165, 1.54) is 5.56 Å². The summed E-state index contributed by atoms with van der Waals surface area (Å²) in [5.41, 5.74) is 3.38. The lowest BCUT2D eigenvalue weighted by atomic mass is 10.1. The Morgan fingerprint density at radius 2 is 1.60 bits per heavy atom. The van der Waals surface area contributed by atoms with E-state index >= 15 is 0 Å². The van der Waals surface area contributed by atoms with Crippen molar-refractivity contribution in [2.75, 3.05) is 18.5 Å². The van der Waals surface area contributed by atoms with E-state index in [-0.39, 0.29) is 18.6 Å². The summed E-state index contributed by atoms with van der Waals surface area (Å²) in [7, 11) is -3.62. The molecule has 0 spiro atoms. The number of rotatable bonds is 10. The summed E-state index contributed by atoms with van der Waals surface area (Å²) >= 11 is 5.96. The third-order valence-electron chi connectivity index (χ3n) is 4.35. The lowest BCUT2D eigenvalue weighted by Crippen LogP contribution is -2.16. The van der Waals surface area contributed by atoms with E-state index in [1.54, 1.807) is 13.8 Å². The predicted molar refractivity (Wildman–Crippen MR) is 120 cm³/mol. The van der Waals surface area contributed by atoms with Gasteiger partial charge in [-0.2, -0.15) is 0 Å². The highest BCUT2D eigenvalue weighted by Gasteiger charge is 2.35. The first-order valence-electron chi connectivity index (χ1n) is 9.86. The van der Waals surface area contributed by atoms with Gasteiger partial charge in [-0.1, -0.05) is 53.6 Å². The zero-order chi connectivity index (χ0) is 21.6. The largest absolute Gasteiger partial charge is 0.424 e. The molecule has 0 aliphatic rings. The second-order valence-corrected chi connectivity index (χ2v) is 9.11. The van der Waals surface area contributed by atoms with Crippen LogP contribution >= 0.6 is 19.2 Å². The molecule has 0 saturated carbocycles. The van der Waals surface area contributed by atoms with Gasteiger partial charge in [-0.25, -0.2) is 4.98 Å². The van der Waals surface area contributed by atoms with Crippen LogP contribution in [-0.4, -0.2) is 18.2 Å². The molecule has 0 fully saturated rings. The minimum atomic E-state index is -3.62. The number of nitrogens with one attached hydrogen (secondary N) is 1. The summed E-state index contributed by atoms with van der Waals surface area (Å²) in [4.78, 5) is 4.49. The highest BCUT2D eigenvalue weighted by Crippen LogP contribution is 2.48. The van der Waals surface area contributed by atoms with Crippen LogP contribution in [0.25, 0.3) is 0 Å². The number of aryl methyl sites for hydroxylation is 1. The van der Waals surface area contributed by atoms with E-state index in [1.807, 2.05) is 55.5 Å². The molecule has 6 nitrogen and oxygen atoms in total. The lowest BCUT2D eigenvalue weighted by Gasteiger charge is -2.15. The lowest BCUT2D eigenvalue weighted by molar-refractivity contribution is 0.229. The molecular formula is C22H26ClN2O4P. The molecule has 0 atom stereocenters. The summed E-state index contributed by atoms with van der Waals surface area (Å²) in [6.07, 6.45) is 0.425. The second-order valence-electron chi connectivity index (χ2n) is 6.74. The SMILES string of the molecule is CCOP(=O)(OCC)c1nc(Cc2ccc(Cl)cc2)oc1NCc1ccc(C)cc1. The number of hydrogen-bond donors (Lipinski definition) is 1. The van der Waals surface area contributed by atoms with E-state index in [0.717, 1.165) is 11.1 Å². The summed E-state index contributed by atoms with van der Waals surface area (Å²) in [5.74, 6) is 0.711. The van der Waals surface area contributed by atoms with Gasteiger partial charge in [-0.15, -0.1) is 0 Å². The fourth-order valence-corrected chi connectivity index (χ4v) is 4.63. The third kappa shape index (κ3) is 5.73. The maximum absolute atomic E-state index is 13.4. The Labute approximate surface area is 182 Å². The van der Waals surface area contributed by atoms with Crippen molar-refractivity contribution in [2.24, 2.45) is 0 Å². The van der Waals surface area contributed by atoms with Crippen molar-refractivity contribution in [1.29, 1.82) is 0 Å². The molecule has 3 aromatic rings. The predicted octanol–water partition coefficient (Wildman–Crippen LogP) is 5.73. The number of benzene rings is 2. The Hall–Kier alpha value is -2.11. The highest BCUT2D eigenvalue weighted by atomic mass is 35.5. The zero-order valence-corrected chi connectivity index (χ0v) is 19.0. The van der Waals surface area contributed by atoms with Gasteiger partial charge in [0, 0.05) is 18.0 Å².